The highest BCUT2D eigenvalue weighted by molar-refractivity contribution is 7.91. The highest BCUT2D eigenvalue weighted by Gasteiger charge is 2.29. The Labute approximate surface area is 201 Å². The van der Waals surface area contributed by atoms with Gasteiger partial charge in [0.15, 0.2) is 27.3 Å². The fraction of sp³-hybridized carbons (Fsp3) is 0.318. The molecule has 11 nitrogen and oxygen atoms in total. The van der Waals surface area contributed by atoms with Crippen molar-refractivity contribution in [3.05, 3.63) is 59.8 Å². The van der Waals surface area contributed by atoms with Gasteiger partial charge in [-0.15, -0.1) is 10.2 Å². The lowest BCUT2D eigenvalue weighted by atomic mass is 10.2. The number of aromatic nitrogens is 7. The average Bonchev–Trinajstić information content (AvgIpc) is 3.45. The van der Waals surface area contributed by atoms with Gasteiger partial charge in [0.1, 0.15) is 34.5 Å². The number of benzene rings is 1. The Balaban J connectivity index is 1.79. The molecule has 13 heteroatoms. The van der Waals surface area contributed by atoms with Crippen LogP contribution >= 0.6 is 0 Å². The van der Waals surface area contributed by atoms with Gasteiger partial charge in [-0.2, -0.15) is 5.10 Å². The van der Waals surface area contributed by atoms with Crippen LogP contribution in [0.3, 0.4) is 0 Å². The third-order valence-electron chi connectivity index (χ3n) is 5.38. The molecule has 184 valence electrons. The molecule has 0 radical (unpaired) electrons. The van der Waals surface area contributed by atoms with Gasteiger partial charge in [0.25, 0.3) is 0 Å². The Morgan fingerprint density at radius 1 is 1.11 bits per heavy atom. The van der Waals surface area contributed by atoms with Crippen molar-refractivity contribution < 1.29 is 22.3 Å². The van der Waals surface area contributed by atoms with E-state index in [-0.39, 0.29) is 18.1 Å². The number of nitrogens with one attached hydrogen (secondary N) is 1. The second-order valence-electron chi connectivity index (χ2n) is 7.86. The van der Waals surface area contributed by atoms with Crippen LogP contribution in [0, 0.1) is 12.7 Å². The maximum absolute atomic E-state index is 13.3. The topological polar surface area (TPSA) is 138 Å². The zero-order valence-corrected chi connectivity index (χ0v) is 20.4. The molecule has 0 aliphatic rings. The van der Waals surface area contributed by atoms with Crippen molar-refractivity contribution >= 4 is 9.84 Å². The van der Waals surface area contributed by atoms with Crippen LogP contribution in [0.4, 0.5) is 4.39 Å². The van der Waals surface area contributed by atoms with Gasteiger partial charge in [-0.1, -0.05) is 6.07 Å². The van der Waals surface area contributed by atoms with Gasteiger partial charge < -0.3 is 9.47 Å². The molecule has 0 unspecified atom stereocenters. The predicted molar refractivity (Wildman–Crippen MR) is 125 cm³/mol. The number of rotatable bonds is 9. The molecule has 1 atom stereocenters. The van der Waals surface area contributed by atoms with Crippen LogP contribution in [-0.2, 0) is 22.0 Å². The number of para-hydroxylation sites is 1. The maximum atomic E-state index is 13.3. The summed E-state index contributed by atoms with van der Waals surface area (Å²) in [6, 6.07) is 6.98. The molecular weight excluding hydrogens is 477 g/mol. The average molecular weight is 502 g/mol. The van der Waals surface area contributed by atoms with Crippen molar-refractivity contribution in [2.75, 3.05) is 14.2 Å². The smallest absolute Gasteiger partial charge is 0.189 e. The molecule has 0 aliphatic carbocycles. The van der Waals surface area contributed by atoms with Crippen LogP contribution in [0.1, 0.15) is 24.3 Å². The number of aromatic amines is 1. The number of methoxy groups -OCH3 is 2. The first-order chi connectivity index (χ1) is 16.7. The summed E-state index contributed by atoms with van der Waals surface area (Å²) in [5.74, 6) is 0.528. The Morgan fingerprint density at radius 2 is 1.77 bits per heavy atom. The minimum absolute atomic E-state index is 0.0140. The van der Waals surface area contributed by atoms with E-state index in [1.807, 2.05) is 6.92 Å². The van der Waals surface area contributed by atoms with Crippen LogP contribution in [0.15, 0.2) is 36.7 Å². The summed E-state index contributed by atoms with van der Waals surface area (Å²) in [7, 11) is -0.758. The number of ether oxygens (including phenoxy) is 2. The third kappa shape index (κ3) is 4.99. The van der Waals surface area contributed by atoms with E-state index in [1.165, 1.54) is 14.2 Å². The van der Waals surface area contributed by atoms with Crippen molar-refractivity contribution in [1.29, 1.82) is 0 Å². The fourth-order valence-electron chi connectivity index (χ4n) is 3.55. The molecule has 1 aromatic carbocycles. The number of hydrogen-bond acceptors (Lipinski definition) is 9. The molecule has 0 amide bonds. The van der Waals surface area contributed by atoms with Gasteiger partial charge in [-0.05, 0) is 32.0 Å². The molecule has 1 N–H and O–H groups in total. The summed E-state index contributed by atoms with van der Waals surface area (Å²) in [4.78, 5) is 7.73. The Bertz CT molecular complexity index is 1410. The molecule has 4 rings (SSSR count). The first kappa shape index (κ1) is 24.3. The molecule has 0 saturated heterocycles. The normalized spacial score (nSPS) is 12.5. The second-order valence-corrected chi connectivity index (χ2v) is 10.3. The highest BCUT2D eigenvalue weighted by atomic mass is 32.2. The van der Waals surface area contributed by atoms with E-state index in [1.54, 1.807) is 35.8 Å². The van der Waals surface area contributed by atoms with E-state index in [9.17, 15) is 12.8 Å². The second kappa shape index (κ2) is 9.78. The van der Waals surface area contributed by atoms with E-state index in [0.717, 1.165) is 18.1 Å². The first-order valence-electron chi connectivity index (χ1n) is 10.6. The minimum Gasteiger partial charge on any atom is -0.494 e. The van der Waals surface area contributed by atoms with Gasteiger partial charge in [-0.3, -0.25) is 9.67 Å². The number of hydrogen-bond donors (Lipinski definition) is 1. The Kier molecular flexibility index (Phi) is 6.78. The fourth-order valence-corrected chi connectivity index (χ4v) is 4.78. The van der Waals surface area contributed by atoms with Crippen molar-refractivity contribution in [3.8, 4) is 28.7 Å². The van der Waals surface area contributed by atoms with Crippen LogP contribution in [-0.4, -0.2) is 62.8 Å². The molecule has 35 heavy (non-hydrogen) atoms. The zero-order valence-electron chi connectivity index (χ0n) is 19.6. The van der Waals surface area contributed by atoms with Crippen LogP contribution < -0.4 is 9.47 Å². The lowest BCUT2D eigenvalue weighted by Gasteiger charge is -2.17. The zero-order chi connectivity index (χ0) is 25.2. The molecule has 0 spiro atoms. The van der Waals surface area contributed by atoms with Gasteiger partial charge >= 0.3 is 0 Å². The van der Waals surface area contributed by atoms with Gasteiger partial charge in [0, 0.05) is 12.1 Å². The van der Waals surface area contributed by atoms with Crippen molar-refractivity contribution in [2.45, 2.75) is 31.3 Å². The van der Waals surface area contributed by atoms with Crippen molar-refractivity contribution in [2.24, 2.45) is 0 Å². The van der Waals surface area contributed by atoms with Crippen LogP contribution in [0.2, 0.25) is 0 Å². The number of aryl methyl sites for hydroxylation is 1. The van der Waals surface area contributed by atoms with Crippen LogP contribution in [0.5, 0.6) is 11.5 Å². The van der Waals surface area contributed by atoms with Crippen molar-refractivity contribution in [3.63, 3.8) is 0 Å². The third-order valence-corrected chi connectivity index (χ3v) is 7.43. The molecular formula is C22H24FN7O4S. The standard InChI is InChI=1S/C22H24FN7O4S/c1-13-8-16(27-26-13)22-29-28-20(30(22)21-17(33-3)6-5-7-18(21)34-4)12-35(31,32)14(2)9-19-24-10-15(23)11-25-19/h5-8,10-11,14H,9,12H2,1-4H3,(H,26,27)/t14-/m0/s1. The van der Waals surface area contributed by atoms with E-state index in [2.05, 4.69) is 30.4 Å². The summed E-state index contributed by atoms with van der Waals surface area (Å²) in [5.41, 5.74) is 1.71. The van der Waals surface area contributed by atoms with E-state index < -0.39 is 26.7 Å². The largest absolute Gasteiger partial charge is 0.494 e. The van der Waals surface area contributed by atoms with Gasteiger partial charge in [0.05, 0.1) is 31.9 Å². The number of nitrogens with zero attached hydrogens (tertiary/aromatic N) is 6. The summed E-state index contributed by atoms with van der Waals surface area (Å²) in [6.45, 7) is 3.38. The number of sulfone groups is 1. The van der Waals surface area contributed by atoms with E-state index >= 15 is 0 Å². The van der Waals surface area contributed by atoms with Gasteiger partial charge in [0.2, 0.25) is 0 Å². The molecule has 0 saturated carbocycles. The number of H-pyrrole nitrogens is 1. The number of halogens is 1. The van der Waals surface area contributed by atoms with Gasteiger partial charge in [-0.25, -0.2) is 22.8 Å². The summed E-state index contributed by atoms with van der Waals surface area (Å²) in [6.07, 6.45) is 2.02. The molecule has 3 aromatic heterocycles. The molecule has 3 heterocycles. The quantitative estimate of drug-likeness (QED) is 0.366. The summed E-state index contributed by atoms with van der Waals surface area (Å²) < 4.78 is 52.4. The Morgan fingerprint density at radius 3 is 2.34 bits per heavy atom. The van der Waals surface area contributed by atoms with E-state index in [4.69, 9.17) is 9.47 Å². The molecule has 0 aliphatic heterocycles. The molecule has 0 fully saturated rings. The van der Waals surface area contributed by atoms with Crippen LogP contribution in [0.25, 0.3) is 17.2 Å². The lowest BCUT2D eigenvalue weighted by molar-refractivity contribution is 0.390. The first-order valence-corrected chi connectivity index (χ1v) is 12.3. The summed E-state index contributed by atoms with van der Waals surface area (Å²) >= 11 is 0. The highest BCUT2D eigenvalue weighted by Crippen LogP contribution is 2.36. The van der Waals surface area contributed by atoms with E-state index in [0.29, 0.717) is 28.7 Å². The maximum Gasteiger partial charge on any atom is 0.189 e. The molecule has 0 bridgehead atoms. The summed E-state index contributed by atoms with van der Waals surface area (Å²) in [5, 5.41) is 14.7. The van der Waals surface area contributed by atoms with Crippen molar-refractivity contribution in [1.82, 2.24) is 34.9 Å². The Hall–Kier alpha value is -3.87. The SMILES string of the molecule is COc1cccc(OC)c1-n1c(CS(=O)(=O)[C@@H](C)Cc2ncc(F)cn2)nnc1-c1cc(C)[nH]n1. The lowest BCUT2D eigenvalue weighted by Crippen LogP contribution is -2.24. The predicted octanol–water partition coefficient (Wildman–Crippen LogP) is 2.46. The minimum atomic E-state index is -3.76. The monoisotopic (exact) mass is 501 g/mol. The molecule has 4 aromatic rings.